The molecule has 140 valence electrons. The Balaban J connectivity index is 1.49. The first-order valence-corrected chi connectivity index (χ1v) is 9.48. The molecule has 7 heteroatoms. The molecule has 3 aromatic carbocycles. The van der Waals surface area contributed by atoms with Crippen molar-refractivity contribution >= 4 is 49.6 Å². The molecule has 0 bridgehead atoms. The fourth-order valence-corrected chi connectivity index (χ4v) is 3.88. The number of hydrazone groups is 1. The summed E-state index contributed by atoms with van der Waals surface area (Å²) < 4.78 is 6.40. The maximum absolute atomic E-state index is 12.3. The maximum Gasteiger partial charge on any atom is 0.244 e. The van der Waals surface area contributed by atoms with Crippen molar-refractivity contribution in [3.05, 3.63) is 65.7 Å². The van der Waals surface area contributed by atoms with Crippen molar-refractivity contribution in [2.24, 2.45) is 5.10 Å². The number of aromatic nitrogens is 1. The fraction of sp³-hybridized carbons (Fsp3) is 0.0952. The number of benzene rings is 3. The number of rotatable bonds is 5. The van der Waals surface area contributed by atoms with E-state index in [2.05, 4.69) is 15.5 Å². The first-order valence-electron chi connectivity index (χ1n) is 8.66. The number of thiazole rings is 1. The van der Waals surface area contributed by atoms with Crippen molar-refractivity contribution in [2.75, 3.05) is 12.8 Å². The Bertz CT molecular complexity index is 1200. The molecule has 0 spiro atoms. The zero-order valence-corrected chi connectivity index (χ0v) is 16.0. The Morgan fingerprint density at radius 1 is 1.25 bits per heavy atom. The van der Waals surface area contributed by atoms with Crippen LogP contribution in [0.2, 0.25) is 0 Å². The number of anilines is 1. The largest absolute Gasteiger partial charge is 0.496 e. The predicted octanol–water partition coefficient (Wildman–Crippen LogP) is 3.73. The van der Waals surface area contributed by atoms with E-state index in [1.54, 1.807) is 13.3 Å². The molecule has 0 unspecified atom stereocenters. The van der Waals surface area contributed by atoms with Gasteiger partial charge in [0.15, 0.2) is 5.13 Å². The summed E-state index contributed by atoms with van der Waals surface area (Å²) in [4.78, 5) is 16.5. The summed E-state index contributed by atoms with van der Waals surface area (Å²) in [6.45, 7) is 0. The van der Waals surface area contributed by atoms with Gasteiger partial charge in [-0.25, -0.2) is 10.4 Å². The summed E-state index contributed by atoms with van der Waals surface area (Å²) in [6.07, 6.45) is 1.84. The SMILES string of the molecule is COc1ccc2ccccc2c1/C=N\NC(=O)Cc1ccc2nc(N)sc2c1. The Hall–Kier alpha value is -3.45. The number of fused-ring (bicyclic) bond motifs is 2. The molecule has 0 saturated heterocycles. The zero-order valence-electron chi connectivity index (χ0n) is 15.2. The molecule has 3 N–H and O–H groups in total. The van der Waals surface area contributed by atoms with Gasteiger partial charge in [0.1, 0.15) is 5.75 Å². The van der Waals surface area contributed by atoms with E-state index < -0.39 is 0 Å². The van der Waals surface area contributed by atoms with E-state index in [0.717, 1.165) is 32.1 Å². The molecular formula is C21H18N4O2S. The van der Waals surface area contributed by atoms with Crippen molar-refractivity contribution in [1.82, 2.24) is 10.4 Å². The molecule has 0 aliphatic carbocycles. The number of nitrogens with one attached hydrogen (secondary N) is 1. The van der Waals surface area contributed by atoms with Crippen LogP contribution in [0.4, 0.5) is 5.13 Å². The summed E-state index contributed by atoms with van der Waals surface area (Å²) in [5.41, 5.74) is 10.9. The lowest BCUT2D eigenvalue weighted by Gasteiger charge is -2.08. The van der Waals surface area contributed by atoms with Gasteiger partial charge >= 0.3 is 0 Å². The van der Waals surface area contributed by atoms with Crippen LogP contribution in [-0.2, 0) is 11.2 Å². The molecule has 0 atom stereocenters. The van der Waals surface area contributed by atoms with E-state index >= 15 is 0 Å². The van der Waals surface area contributed by atoms with Crippen LogP contribution < -0.4 is 15.9 Å². The van der Waals surface area contributed by atoms with Crippen molar-refractivity contribution in [3.8, 4) is 5.75 Å². The molecule has 0 fully saturated rings. The van der Waals surface area contributed by atoms with Gasteiger partial charge in [-0.2, -0.15) is 5.10 Å². The van der Waals surface area contributed by atoms with E-state index in [9.17, 15) is 4.79 Å². The number of nitrogens with two attached hydrogens (primary N) is 1. The van der Waals surface area contributed by atoms with E-state index in [4.69, 9.17) is 10.5 Å². The van der Waals surface area contributed by atoms with Gasteiger partial charge in [0.05, 0.1) is 30.0 Å². The predicted molar refractivity (Wildman–Crippen MR) is 114 cm³/mol. The third-order valence-corrected chi connectivity index (χ3v) is 5.21. The second kappa shape index (κ2) is 7.66. The highest BCUT2D eigenvalue weighted by molar-refractivity contribution is 7.22. The summed E-state index contributed by atoms with van der Waals surface area (Å²) in [7, 11) is 1.61. The van der Waals surface area contributed by atoms with Crippen LogP contribution in [0.3, 0.4) is 0 Å². The molecule has 4 rings (SSSR count). The van der Waals surface area contributed by atoms with Gasteiger partial charge in [-0.05, 0) is 34.5 Å². The van der Waals surface area contributed by atoms with Crippen LogP contribution in [0, 0.1) is 0 Å². The van der Waals surface area contributed by atoms with Crippen LogP contribution in [0.1, 0.15) is 11.1 Å². The first-order chi connectivity index (χ1) is 13.6. The number of ether oxygens (including phenoxy) is 1. The number of nitrogens with zero attached hydrogens (tertiary/aromatic N) is 2. The lowest BCUT2D eigenvalue weighted by atomic mass is 10.0. The Kier molecular flexibility index (Phi) is 4.90. The highest BCUT2D eigenvalue weighted by atomic mass is 32.1. The monoisotopic (exact) mass is 390 g/mol. The summed E-state index contributed by atoms with van der Waals surface area (Å²) in [5, 5.41) is 6.73. The van der Waals surface area contributed by atoms with Gasteiger partial charge in [-0.15, -0.1) is 0 Å². The highest BCUT2D eigenvalue weighted by Gasteiger charge is 2.08. The number of nitrogen functional groups attached to an aromatic ring is 1. The number of methoxy groups -OCH3 is 1. The Morgan fingerprint density at radius 3 is 2.96 bits per heavy atom. The van der Waals surface area contributed by atoms with Gasteiger partial charge in [0, 0.05) is 5.56 Å². The minimum absolute atomic E-state index is 0.202. The maximum atomic E-state index is 12.3. The van der Waals surface area contributed by atoms with Gasteiger partial charge in [-0.3, -0.25) is 4.79 Å². The van der Waals surface area contributed by atoms with E-state index in [1.807, 2.05) is 54.6 Å². The topological polar surface area (TPSA) is 89.6 Å². The van der Waals surface area contributed by atoms with Crippen LogP contribution in [0.25, 0.3) is 21.0 Å². The molecule has 0 radical (unpaired) electrons. The van der Waals surface area contributed by atoms with Crippen LogP contribution in [0.5, 0.6) is 5.75 Å². The number of hydrogen-bond donors (Lipinski definition) is 2. The molecule has 1 amide bonds. The van der Waals surface area contributed by atoms with Crippen molar-refractivity contribution in [1.29, 1.82) is 0 Å². The normalized spacial score (nSPS) is 11.3. The molecular weight excluding hydrogens is 372 g/mol. The summed E-state index contributed by atoms with van der Waals surface area (Å²) >= 11 is 1.41. The lowest BCUT2D eigenvalue weighted by molar-refractivity contribution is -0.120. The van der Waals surface area contributed by atoms with Crippen LogP contribution in [0.15, 0.2) is 59.7 Å². The summed E-state index contributed by atoms with van der Waals surface area (Å²) in [5.74, 6) is 0.497. The van der Waals surface area contributed by atoms with Crippen molar-refractivity contribution in [3.63, 3.8) is 0 Å². The third kappa shape index (κ3) is 3.65. The number of carbonyl (C=O) groups excluding carboxylic acids is 1. The molecule has 1 heterocycles. The second-order valence-corrected chi connectivity index (χ2v) is 7.29. The number of carbonyl (C=O) groups is 1. The van der Waals surface area contributed by atoms with E-state index in [-0.39, 0.29) is 12.3 Å². The minimum atomic E-state index is -0.202. The standard InChI is InChI=1S/C21H18N4O2S/c1-27-18-9-7-14-4-2-3-5-15(14)16(18)12-23-25-20(26)11-13-6-8-17-19(10-13)28-21(22)24-17/h2-10,12H,11H2,1H3,(H2,22,24)(H,25,26)/b23-12-. The lowest BCUT2D eigenvalue weighted by Crippen LogP contribution is -2.19. The molecule has 0 saturated carbocycles. The fourth-order valence-electron chi connectivity index (χ4n) is 3.08. The highest BCUT2D eigenvalue weighted by Crippen LogP contribution is 2.26. The smallest absolute Gasteiger partial charge is 0.244 e. The average molecular weight is 390 g/mol. The Labute approximate surface area is 165 Å². The van der Waals surface area contributed by atoms with Gasteiger partial charge in [-0.1, -0.05) is 47.7 Å². The number of amides is 1. The molecule has 0 aliphatic heterocycles. The third-order valence-electron chi connectivity index (χ3n) is 4.37. The van der Waals surface area contributed by atoms with Gasteiger partial charge < -0.3 is 10.5 Å². The minimum Gasteiger partial charge on any atom is -0.496 e. The van der Waals surface area contributed by atoms with Crippen molar-refractivity contribution in [2.45, 2.75) is 6.42 Å². The van der Waals surface area contributed by atoms with E-state index in [0.29, 0.717) is 10.9 Å². The zero-order chi connectivity index (χ0) is 19.5. The van der Waals surface area contributed by atoms with Crippen LogP contribution in [-0.4, -0.2) is 24.2 Å². The van der Waals surface area contributed by atoms with Crippen LogP contribution >= 0.6 is 11.3 Å². The Morgan fingerprint density at radius 2 is 2.11 bits per heavy atom. The second-order valence-electron chi connectivity index (χ2n) is 6.23. The van der Waals surface area contributed by atoms with Gasteiger partial charge in [0.2, 0.25) is 5.91 Å². The first kappa shape index (κ1) is 17.9. The van der Waals surface area contributed by atoms with Gasteiger partial charge in [0.25, 0.3) is 0 Å². The molecule has 1 aromatic heterocycles. The quantitative estimate of drug-likeness (QED) is 0.401. The average Bonchev–Trinajstić information content (AvgIpc) is 3.07. The van der Waals surface area contributed by atoms with Crippen molar-refractivity contribution < 1.29 is 9.53 Å². The number of hydrogen-bond acceptors (Lipinski definition) is 6. The molecule has 4 aromatic rings. The molecule has 28 heavy (non-hydrogen) atoms. The van der Waals surface area contributed by atoms with E-state index in [1.165, 1.54) is 11.3 Å². The summed E-state index contributed by atoms with van der Waals surface area (Å²) in [6, 6.07) is 17.5. The molecule has 6 nitrogen and oxygen atoms in total. The molecule has 0 aliphatic rings.